The fourth-order valence-electron chi connectivity index (χ4n) is 3.58. The number of ketones is 1. The van der Waals surface area contributed by atoms with Crippen LogP contribution in [0.2, 0.25) is 0 Å². The number of rotatable bonds is 5. The molecule has 0 unspecified atom stereocenters. The number of carbonyl (C=O) groups is 4. The minimum atomic E-state index is -0.747. The van der Waals surface area contributed by atoms with Gasteiger partial charge in [0.15, 0.2) is 12.4 Å². The first-order valence-corrected chi connectivity index (χ1v) is 10.6. The Morgan fingerprint density at radius 1 is 0.844 bits per heavy atom. The van der Waals surface area contributed by atoms with Gasteiger partial charge in [0.1, 0.15) is 0 Å². The van der Waals surface area contributed by atoms with E-state index in [0.29, 0.717) is 11.3 Å². The molecular weight excluding hydrogens is 474 g/mol. The number of imide groups is 1. The highest BCUT2D eigenvalue weighted by Gasteiger charge is 2.37. The number of halogens is 1. The highest BCUT2D eigenvalue weighted by Crippen LogP contribution is 2.31. The molecule has 0 saturated heterocycles. The molecule has 160 valence electrons. The topological polar surface area (TPSA) is 80.8 Å². The molecule has 3 aromatic carbocycles. The zero-order chi connectivity index (χ0) is 23.0. The lowest BCUT2D eigenvalue weighted by molar-refractivity contribution is 0.0474. The molecule has 3 aromatic rings. The van der Waals surface area contributed by atoms with Gasteiger partial charge in [-0.05, 0) is 55.8 Å². The minimum Gasteiger partial charge on any atom is -0.454 e. The summed E-state index contributed by atoms with van der Waals surface area (Å²) in [6.07, 6.45) is 0. The third-order valence-corrected chi connectivity index (χ3v) is 5.74. The van der Waals surface area contributed by atoms with E-state index in [-0.39, 0.29) is 22.5 Å². The molecule has 4 rings (SSSR count). The quantitative estimate of drug-likeness (QED) is 0.287. The molecule has 2 amide bonds. The van der Waals surface area contributed by atoms with Gasteiger partial charge < -0.3 is 4.74 Å². The Morgan fingerprint density at radius 3 is 2.19 bits per heavy atom. The van der Waals surface area contributed by atoms with Crippen LogP contribution < -0.4 is 4.90 Å². The fraction of sp³-hybridized carbons (Fsp3) is 0.120. The van der Waals surface area contributed by atoms with Crippen molar-refractivity contribution in [3.63, 3.8) is 0 Å². The van der Waals surface area contributed by atoms with E-state index >= 15 is 0 Å². The first-order chi connectivity index (χ1) is 15.3. The highest BCUT2D eigenvalue weighted by molar-refractivity contribution is 9.10. The summed E-state index contributed by atoms with van der Waals surface area (Å²) in [5, 5.41) is 0. The molecule has 7 heteroatoms. The number of hydrogen-bond acceptors (Lipinski definition) is 5. The second-order valence-electron chi connectivity index (χ2n) is 7.50. The van der Waals surface area contributed by atoms with Crippen LogP contribution in [0.15, 0.2) is 65.1 Å². The second-order valence-corrected chi connectivity index (χ2v) is 8.42. The molecule has 32 heavy (non-hydrogen) atoms. The summed E-state index contributed by atoms with van der Waals surface area (Å²) < 4.78 is 5.96. The number of anilines is 1. The maximum Gasteiger partial charge on any atom is 0.338 e. The van der Waals surface area contributed by atoms with Gasteiger partial charge in [-0.25, -0.2) is 9.69 Å². The lowest BCUT2D eigenvalue weighted by Crippen LogP contribution is -2.30. The first kappa shape index (κ1) is 21.6. The van der Waals surface area contributed by atoms with Gasteiger partial charge in [-0.15, -0.1) is 0 Å². The third kappa shape index (κ3) is 3.99. The molecular formula is C25H18BrNO5. The molecule has 0 aromatic heterocycles. The van der Waals surface area contributed by atoms with Crippen molar-refractivity contribution in [3.05, 3.63) is 98.5 Å². The van der Waals surface area contributed by atoms with Crippen LogP contribution in [0.5, 0.6) is 0 Å². The molecule has 6 nitrogen and oxygen atoms in total. The van der Waals surface area contributed by atoms with Gasteiger partial charge >= 0.3 is 5.97 Å². The predicted molar refractivity (Wildman–Crippen MR) is 122 cm³/mol. The van der Waals surface area contributed by atoms with Gasteiger partial charge in [0.25, 0.3) is 11.8 Å². The summed E-state index contributed by atoms with van der Waals surface area (Å²) >= 11 is 3.30. The number of amides is 2. The van der Waals surface area contributed by atoms with E-state index in [1.807, 2.05) is 26.0 Å². The van der Waals surface area contributed by atoms with Crippen molar-refractivity contribution in [1.82, 2.24) is 0 Å². The van der Waals surface area contributed by atoms with E-state index in [1.54, 1.807) is 30.3 Å². The van der Waals surface area contributed by atoms with Gasteiger partial charge in [0.2, 0.25) is 0 Å². The number of nitrogens with zero attached hydrogens (tertiary/aromatic N) is 1. The number of carbonyl (C=O) groups excluding carboxylic acids is 4. The molecule has 0 aliphatic carbocycles. The van der Waals surface area contributed by atoms with Gasteiger partial charge in [0, 0.05) is 10.0 Å². The van der Waals surface area contributed by atoms with Crippen LogP contribution in [0, 0.1) is 13.8 Å². The van der Waals surface area contributed by atoms with Crippen LogP contribution >= 0.6 is 15.9 Å². The number of hydrogen-bond donors (Lipinski definition) is 0. The molecule has 0 spiro atoms. The minimum absolute atomic E-state index is 0.0935. The molecule has 0 saturated carbocycles. The van der Waals surface area contributed by atoms with Crippen molar-refractivity contribution < 1.29 is 23.9 Å². The Kier molecular flexibility index (Phi) is 5.76. The summed E-state index contributed by atoms with van der Waals surface area (Å²) in [5.74, 6) is -2.04. The Hall–Kier alpha value is -3.58. The number of benzene rings is 3. The number of Topliss-reactive ketones (excluding diaryl/α,β-unsaturated/α-hetero) is 1. The SMILES string of the molecule is Cc1ccc(N2C(=O)c3ccc(C(=O)OCC(=O)c4ccc(Br)cc4)cc3C2=O)c(C)c1. The Labute approximate surface area is 192 Å². The average Bonchev–Trinajstić information content (AvgIpc) is 3.02. The van der Waals surface area contributed by atoms with Crippen molar-refractivity contribution in [2.45, 2.75) is 13.8 Å². The molecule has 1 aliphatic heterocycles. The molecule has 0 fully saturated rings. The van der Waals surface area contributed by atoms with Crippen LogP contribution in [0.4, 0.5) is 5.69 Å². The molecule has 0 radical (unpaired) electrons. The highest BCUT2D eigenvalue weighted by atomic mass is 79.9. The molecule has 1 aliphatic rings. The van der Waals surface area contributed by atoms with Crippen LogP contribution in [-0.2, 0) is 4.74 Å². The lowest BCUT2D eigenvalue weighted by atomic mass is 10.1. The summed E-state index contributed by atoms with van der Waals surface area (Å²) in [7, 11) is 0. The van der Waals surface area contributed by atoms with Crippen molar-refractivity contribution >= 4 is 45.2 Å². The van der Waals surface area contributed by atoms with Gasteiger partial charge in [-0.3, -0.25) is 14.4 Å². The lowest BCUT2D eigenvalue weighted by Gasteiger charge is -2.16. The number of ether oxygens (including phenoxy) is 1. The summed E-state index contributed by atoms with van der Waals surface area (Å²) in [5.41, 5.74) is 3.18. The van der Waals surface area contributed by atoms with Crippen LogP contribution in [0.25, 0.3) is 0 Å². The summed E-state index contributed by atoms with van der Waals surface area (Å²) in [4.78, 5) is 51.7. The van der Waals surface area contributed by atoms with Gasteiger partial charge in [-0.2, -0.15) is 0 Å². The number of fused-ring (bicyclic) bond motifs is 1. The van der Waals surface area contributed by atoms with E-state index in [4.69, 9.17) is 4.74 Å². The number of aryl methyl sites for hydroxylation is 2. The van der Waals surface area contributed by atoms with Crippen molar-refractivity contribution in [2.24, 2.45) is 0 Å². The normalized spacial score (nSPS) is 12.7. The van der Waals surface area contributed by atoms with Crippen LogP contribution in [0.1, 0.15) is 52.6 Å². The number of esters is 1. The van der Waals surface area contributed by atoms with Crippen molar-refractivity contribution in [2.75, 3.05) is 11.5 Å². The maximum absolute atomic E-state index is 13.0. The van der Waals surface area contributed by atoms with Crippen LogP contribution in [-0.4, -0.2) is 30.2 Å². The largest absolute Gasteiger partial charge is 0.454 e. The standard InChI is InChI=1S/C25H18BrNO5/c1-14-3-10-21(15(2)11-14)27-23(29)19-9-6-17(12-20(19)24(27)30)25(31)32-13-22(28)16-4-7-18(26)8-5-16/h3-12H,13H2,1-2H3. The van der Waals surface area contributed by atoms with E-state index in [1.165, 1.54) is 18.2 Å². The van der Waals surface area contributed by atoms with Crippen molar-refractivity contribution in [1.29, 1.82) is 0 Å². The Balaban J connectivity index is 1.52. The molecule has 1 heterocycles. The molecule has 0 bridgehead atoms. The smallest absolute Gasteiger partial charge is 0.338 e. The maximum atomic E-state index is 13.0. The fourth-order valence-corrected chi connectivity index (χ4v) is 3.84. The van der Waals surface area contributed by atoms with Gasteiger partial charge in [0.05, 0.1) is 22.4 Å². The summed E-state index contributed by atoms with van der Waals surface area (Å²) in [6.45, 7) is 3.33. The van der Waals surface area contributed by atoms with E-state index < -0.39 is 24.4 Å². The Morgan fingerprint density at radius 2 is 1.50 bits per heavy atom. The second kappa shape index (κ2) is 8.51. The van der Waals surface area contributed by atoms with Gasteiger partial charge in [-0.1, -0.05) is 45.8 Å². The van der Waals surface area contributed by atoms with E-state index in [9.17, 15) is 19.2 Å². The van der Waals surface area contributed by atoms with Crippen LogP contribution in [0.3, 0.4) is 0 Å². The zero-order valence-corrected chi connectivity index (χ0v) is 18.9. The molecule has 0 N–H and O–H groups in total. The zero-order valence-electron chi connectivity index (χ0n) is 17.3. The van der Waals surface area contributed by atoms with E-state index in [0.717, 1.165) is 20.5 Å². The predicted octanol–water partition coefficient (Wildman–Crippen LogP) is 4.91. The Bertz CT molecular complexity index is 1280. The summed E-state index contributed by atoms with van der Waals surface area (Å²) in [6, 6.07) is 16.3. The third-order valence-electron chi connectivity index (χ3n) is 5.22. The molecule has 0 atom stereocenters. The first-order valence-electron chi connectivity index (χ1n) is 9.82. The van der Waals surface area contributed by atoms with Crippen molar-refractivity contribution in [3.8, 4) is 0 Å². The average molecular weight is 492 g/mol. The monoisotopic (exact) mass is 491 g/mol. The van der Waals surface area contributed by atoms with E-state index in [2.05, 4.69) is 15.9 Å².